The zero-order valence-corrected chi connectivity index (χ0v) is 9.09. The number of pyridine rings is 1. The Morgan fingerprint density at radius 2 is 2.07 bits per heavy atom. The van der Waals surface area contributed by atoms with E-state index in [1.165, 1.54) is 12.3 Å². The maximum absolute atomic E-state index is 10.6. The fraction of sp³-hybridized carbons (Fsp3) is 0.400. The fourth-order valence-corrected chi connectivity index (χ4v) is 1.56. The van der Waals surface area contributed by atoms with Crippen molar-refractivity contribution < 1.29 is 9.90 Å². The molecule has 14 heavy (non-hydrogen) atoms. The van der Waals surface area contributed by atoms with Crippen LogP contribution in [0.3, 0.4) is 0 Å². The molecular weight excluding hydrogens is 202 g/mol. The van der Waals surface area contributed by atoms with Crippen molar-refractivity contribution in [3.63, 3.8) is 0 Å². The molecule has 0 aliphatic carbocycles. The molecule has 1 rings (SSSR count). The molecule has 3 nitrogen and oxygen atoms in total. The molecule has 0 unspecified atom stereocenters. The molecule has 1 heterocycles. The normalized spacial score (nSPS) is 11.4. The van der Waals surface area contributed by atoms with E-state index < -0.39 is 5.97 Å². The molecule has 0 saturated carbocycles. The number of aromatic nitrogens is 1. The highest BCUT2D eigenvalue weighted by atomic mass is 35.5. The monoisotopic (exact) mass is 213 g/mol. The summed E-state index contributed by atoms with van der Waals surface area (Å²) in [5.41, 5.74) is 0.654. The van der Waals surface area contributed by atoms with Crippen LogP contribution in [0.2, 0.25) is 5.02 Å². The predicted octanol–water partition coefficient (Wildman–Crippen LogP) is 2.73. The lowest BCUT2D eigenvalue weighted by Crippen LogP contribution is -2.15. The second-order valence-electron chi connectivity index (χ2n) is 4.11. The summed E-state index contributed by atoms with van der Waals surface area (Å²) in [5, 5.41) is 9.10. The Hall–Kier alpha value is -1.09. The minimum absolute atomic E-state index is 0.114. The highest BCUT2D eigenvalue weighted by molar-refractivity contribution is 6.31. The zero-order valence-electron chi connectivity index (χ0n) is 8.34. The molecule has 0 aliphatic heterocycles. The minimum atomic E-state index is -1.01. The van der Waals surface area contributed by atoms with Crippen molar-refractivity contribution in [1.29, 1.82) is 0 Å². The molecular formula is C10H12ClNO2. The van der Waals surface area contributed by atoms with Gasteiger partial charge < -0.3 is 5.11 Å². The minimum Gasteiger partial charge on any atom is -0.478 e. The van der Waals surface area contributed by atoms with Crippen LogP contribution in [0.1, 0.15) is 36.8 Å². The first kappa shape index (κ1) is 11.0. The predicted molar refractivity (Wildman–Crippen MR) is 54.9 cm³/mol. The van der Waals surface area contributed by atoms with Crippen molar-refractivity contribution in [2.24, 2.45) is 0 Å². The number of carboxylic acid groups (broad SMARTS) is 1. The molecule has 0 amide bonds. The molecule has 0 aromatic carbocycles. The maximum atomic E-state index is 10.6. The Bertz CT molecular complexity index is 369. The van der Waals surface area contributed by atoms with Gasteiger partial charge in [-0.15, -0.1) is 0 Å². The second-order valence-corrected chi connectivity index (χ2v) is 4.52. The van der Waals surface area contributed by atoms with E-state index in [1.54, 1.807) is 0 Å². The van der Waals surface area contributed by atoms with Gasteiger partial charge in [0.05, 0.1) is 16.3 Å². The molecule has 1 aromatic heterocycles. The van der Waals surface area contributed by atoms with Gasteiger partial charge in [0.25, 0.3) is 0 Å². The van der Waals surface area contributed by atoms with Gasteiger partial charge in [-0.1, -0.05) is 32.4 Å². The zero-order chi connectivity index (χ0) is 10.9. The van der Waals surface area contributed by atoms with Crippen LogP contribution in [-0.2, 0) is 5.41 Å². The quantitative estimate of drug-likeness (QED) is 0.781. The summed E-state index contributed by atoms with van der Waals surface area (Å²) in [6.07, 6.45) is 1.33. The summed E-state index contributed by atoms with van der Waals surface area (Å²) in [7, 11) is 0. The lowest BCUT2D eigenvalue weighted by molar-refractivity contribution is 0.0696. The number of rotatable bonds is 1. The lowest BCUT2D eigenvalue weighted by Gasteiger charge is -2.18. The number of nitrogens with zero attached hydrogens (tertiary/aromatic N) is 1. The van der Waals surface area contributed by atoms with Gasteiger partial charge in [-0.25, -0.2) is 4.79 Å². The average Bonchev–Trinajstić information content (AvgIpc) is 2.01. The maximum Gasteiger partial charge on any atom is 0.337 e. The largest absolute Gasteiger partial charge is 0.478 e. The van der Waals surface area contributed by atoms with E-state index >= 15 is 0 Å². The summed E-state index contributed by atoms with van der Waals surface area (Å²) >= 11 is 5.93. The first-order chi connectivity index (χ1) is 6.32. The van der Waals surface area contributed by atoms with Crippen molar-refractivity contribution in [3.8, 4) is 0 Å². The van der Waals surface area contributed by atoms with Crippen molar-refractivity contribution >= 4 is 17.6 Å². The molecule has 76 valence electrons. The van der Waals surface area contributed by atoms with E-state index in [1.807, 2.05) is 20.8 Å². The Kier molecular flexibility index (Phi) is 2.81. The van der Waals surface area contributed by atoms with Crippen molar-refractivity contribution in [1.82, 2.24) is 4.98 Å². The van der Waals surface area contributed by atoms with E-state index in [4.69, 9.17) is 16.7 Å². The molecule has 1 aromatic rings. The number of halogens is 1. The molecule has 0 bridgehead atoms. The van der Waals surface area contributed by atoms with Gasteiger partial charge in [-0.3, -0.25) is 4.98 Å². The first-order valence-corrected chi connectivity index (χ1v) is 4.59. The Morgan fingerprint density at radius 3 is 2.43 bits per heavy atom. The molecule has 0 spiro atoms. The number of hydrogen-bond donors (Lipinski definition) is 1. The van der Waals surface area contributed by atoms with Crippen molar-refractivity contribution in [2.45, 2.75) is 26.2 Å². The van der Waals surface area contributed by atoms with Crippen LogP contribution >= 0.6 is 11.6 Å². The Morgan fingerprint density at radius 1 is 1.50 bits per heavy atom. The fourth-order valence-electron chi connectivity index (χ4n) is 1.11. The van der Waals surface area contributed by atoms with Gasteiger partial charge in [0, 0.05) is 11.6 Å². The van der Waals surface area contributed by atoms with Gasteiger partial charge >= 0.3 is 5.97 Å². The van der Waals surface area contributed by atoms with E-state index in [2.05, 4.69) is 4.98 Å². The Balaban J connectivity index is 3.21. The van der Waals surface area contributed by atoms with E-state index in [0.29, 0.717) is 10.7 Å². The van der Waals surface area contributed by atoms with Gasteiger partial charge in [0.15, 0.2) is 0 Å². The van der Waals surface area contributed by atoms with Gasteiger partial charge in [0.2, 0.25) is 0 Å². The van der Waals surface area contributed by atoms with Crippen LogP contribution < -0.4 is 0 Å². The van der Waals surface area contributed by atoms with E-state index in [0.717, 1.165) is 0 Å². The molecule has 0 radical (unpaired) electrons. The second kappa shape index (κ2) is 3.58. The summed E-state index contributed by atoms with van der Waals surface area (Å²) in [6, 6.07) is 1.43. The lowest BCUT2D eigenvalue weighted by atomic mass is 9.91. The average molecular weight is 214 g/mol. The first-order valence-electron chi connectivity index (χ1n) is 4.21. The third-order valence-corrected chi connectivity index (χ3v) is 2.09. The van der Waals surface area contributed by atoms with Gasteiger partial charge in [-0.05, 0) is 6.07 Å². The van der Waals surface area contributed by atoms with E-state index in [-0.39, 0.29) is 11.0 Å². The van der Waals surface area contributed by atoms with Crippen molar-refractivity contribution in [3.05, 3.63) is 28.5 Å². The number of carbonyl (C=O) groups is 1. The highest BCUT2D eigenvalue weighted by Crippen LogP contribution is 2.27. The van der Waals surface area contributed by atoms with Crippen LogP contribution in [0.25, 0.3) is 0 Å². The standard InChI is InChI=1S/C10H12ClNO2/c1-10(2,3)8-7(11)4-6(5-12-8)9(13)14/h4-5H,1-3H3,(H,13,14). The molecule has 0 atom stereocenters. The smallest absolute Gasteiger partial charge is 0.337 e. The molecule has 0 aliphatic rings. The number of aromatic carboxylic acids is 1. The third-order valence-electron chi connectivity index (χ3n) is 1.80. The highest BCUT2D eigenvalue weighted by Gasteiger charge is 2.20. The SMILES string of the molecule is CC(C)(C)c1ncc(C(=O)O)cc1Cl. The molecule has 4 heteroatoms. The molecule has 0 saturated heterocycles. The number of hydrogen-bond acceptors (Lipinski definition) is 2. The summed E-state index contributed by atoms with van der Waals surface area (Å²) < 4.78 is 0. The van der Waals surface area contributed by atoms with Crippen LogP contribution in [0, 0.1) is 0 Å². The van der Waals surface area contributed by atoms with Crippen LogP contribution in [0.5, 0.6) is 0 Å². The van der Waals surface area contributed by atoms with E-state index in [9.17, 15) is 4.79 Å². The van der Waals surface area contributed by atoms with Crippen molar-refractivity contribution in [2.75, 3.05) is 0 Å². The van der Waals surface area contributed by atoms with Gasteiger partial charge in [0.1, 0.15) is 0 Å². The molecule has 1 N–H and O–H groups in total. The topological polar surface area (TPSA) is 50.2 Å². The van der Waals surface area contributed by atoms with Crippen LogP contribution in [-0.4, -0.2) is 16.1 Å². The van der Waals surface area contributed by atoms with Crippen LogP contribution in [0.4, 0.5) is 0 Å². The third kappa shape index (κ3) is 2.23. The van der Waals surface area contributed by atoms with Gasteiger partial charge in [-0.2, -0.15) is 0 Å². The summed E-state index contributed by atoms with van der Waals surface area (Å²) in [6.45, 7) is 5.92. The van der Waals surface area contributed by atoms with Crippen LogP contribution in [0.15, 0.2) is 12.3 Å². The Labute approximate surface area is 87.7 Å². The summed E-state index contributed by atoms with van der Waals surface area (Å²) in [5.74, 6) is -1.01. The summed E-state index contributed by atoms with van der Waals surface area (Å²) in [4.78, 5) is 14.7. The molecule has 0 fully saturated rings. The number of carboxylic acids is 1.